The van der Waals surface area contributed by atoms with Gasteiger partial charge in [0.15, 0.2) is 0 Å². The van der Waals surface area contributed by atoms with E-state index in [2.05, 4.69) is 26.3 Å². The zero-order chi connectivity index (χ0) is 13.7. The first-order valence-electron chi connectivity index (χ1n) is 6.28. The van der Waals surface area contributed by atoms with E-state index in [1.807, 2.05) is 43.6 Å². The van der Waals surface area contributed by atoms with E-state index in [1.165, 1.54) is 0 Å². The molecule has 0 aliphatic carbocycles. The number of rotatable bonds is 6. The SMILES string of the molecule is Cn1ccc(CCNCC(O)c2cccc(Br)c2)n1. The Morgan fingerprint density at radius 3 is 2.95 bits per heavy atom. The molecule has 1 aromatic carbocycles. The van der Waals surface area contributed by atoms with Crippen LogP contribution >= 0.6 is 15.9 Å². The van der Waals surface area contributed by atoms with Crippen LogP contribution in [0.4, 0.5) is 0 Å². The topological polar surface area (TPSA) is 50.1 Å². The average molecular weight is 324 g/mol. The summed E-state index contributed by atoms with van der Waals surface area (Å²) in [6, 6.07) is 9.74. The monoisotopic (exact) mass is 323 g/mol. The number of hydrogen-bond donors (Lipinski definition) is 2. The molecule has 0 saturated carbocycles. The molecule has 0 aliphatic rings. The highest BCUT2D eigenvalue weighted by Crippen LogP contribution is 2.17. The van der Waals surface area contributed by atoms with E-state index in [-0.39, 0.29) is 0 Å². The Labute approximate surface area is 121 Å². The molecule has 5 heteroatoms. The molecule has 0 fully saturated rings. The minimum Gasteiger partial charge on any atom is -0.387 e. The van der Waals surface area contributed by atoms with Gasteiger partial charge in [0.05, 0.1) is 11.8 Å². The van der Waals surface area contributed by atoms with E-state index >= 15 is 0 Å². The maximum absolute atomic E-state index is 10.0. The maximum Gasteiger partial charge on any atom is 0.0914 e. The third-order valence-electron chi connectivity index (χ3n) is 2.90. The van der Waals surface area contributed by atoms with E-state index < -0.39 is 6.10 Å². The molecule has 0 saturated heterocycles. The molecule has 1 aromatic heterocycles. The number of benzene rings is 1. The summed E-state index contributed by atoms with van der Waals surface area (Å²) in [6.45, 7) is 1.35. The Hall–Kier alpha value is -1.17. The molecule has 4 nitrogen and oxygen atoms in total. The second-order valence-electron chi connectivity index (χ2n) is 4.51. The molecular weight excluding hydrogens is 306 g/mol. The Bertz CT molecular complexity index is 527. The molecule has 0 radical (unpaired) electrons. The molecule has 1 heterocycles. The smallest absolute Gasteiger partial charge is 0.0914 e. The van der Waals surface area contributed by atoms with Crippen molar-refractivity contribution in [2.24, 2.45) is 7.05 Å². The average Bonchev–Trinajstić information content (AvgIpc) is 2.80. The summed E-state index contributed by atoms with van der Waals surface area (Å²) in [6.07, 6.45) is 2.32. The number of hydrogen-bond acceptors (Lipinski definition) is 3. The molecule has 0 spiro atoms. The lowest BCUT2D eigenvalue weighted by Crippen LogP contribution is -2.23. The van der Waals surface area contributed by atoms with Crippen molar-refractivity contribution in [2.45, 2.75) is 12.5 Å². The number of aliphatic hydroxyl groups is 1. The fraction of sp³-hybridized carbons (Fsp3) is 0.357. The second kappa shape index (κ2) is 6.84. The van der Waals surface area contributed by atoms with Gasteiger partial charge in [-0.15, -0.1) is 0 Å². The Kier molecular flexibility index (Phi) is 5.13. The van der Waals surface area contributed by atoms with E-state index in [1.54, 1.807) is 4.68 Å². The molecule has 19 heavy (non-hydrogen) atoms. The minimum absolute atomic E-state index is 0.485. The molecule has 0 bridgehead atoms. The first-order chi connectivity index (χ1) is 9.15. The standard InChI is InChI=1S/C14H18BrN3O/c1-18-8-6-13(17-18)5-7-16-10-14(19)11-3-2-4-12(15)9-11/h2-4,6,8-9,14,16,19H,5,7,10H2,1H3. The molecule has 2 N–H and O–H groups in total. The highest BCUT2D eigenvalue weighted by atomic mass is 79.9. The summed E-state index contributed by atoms with van der Waals surface area (Å²) in [5.74, 6) is 0. The van der Waals surface area contributed by atoms with Gasteiger partial charge < -0.3 is 10.4 Å². The van der Waals surface area contributed by atoms with Gasteiger partial charge in [0, 0.05) is 37.2 Å². The largest absolute Gasteiger partial charge is 0.387 e. The van der Waals surface area contributed by atoms with Crippen molar-refractivity contribution in [1.29, 1.82) is 0 Å². The van der Waals surface area contributed by atoms with Crippen LogP contribution in [0.15, 0.2) is 41.0 Å². The lowest BCUT2D eigenvalue weighted by Gasteiger charge is -2.12. The number of halogens is 1. The first kappa shape index (κ1) is 14.2. The van der Waals surface area contributed by atoms with Gasteiger partial charge in [0.25, 0.3) is 0 Å². The van der Waals surface area contributed by atoms with Crippen LogP contribution in [-0.4, -0.2) is 28.0 Å². The molecule has 0 aliphatic heterocycles. The van der Waals surface area contributed by atoms with Gasteiger partial charge in [-0.25, -0.2) is 0 Å². The molecular formula is C14H18BrN3O. The van der Waals surface area contributed by atoms with Crippen LogP contribution in [0, 0.1) is 0 Å². The lowest BCUT2D eigenvalue weighted by atomic mass is 10.1. The minimum atomic E-state index is -0.485. The third kappa shape index (κ3) is 4.45. The van der Waals surface area contributed by atoms with Crippen molar-refractivity contribution in [3.05, 3.63) is 52.3 Å². The van der Waals surface area contributed by atoms with Gasteiger partial charge in [-0.1, -0.05) is 28.1 Å². The highest BCUT2D eigenvalue weighted by molar-refractivity contribution is 9.10. The van der Waals surface area contributed by atoms with Gasteiger partial charge in [-0.2, -0.15) is 5.10 Å². The lowest BCUT2D eigenvalue weighted by molar-refractivity contribution is 0.175. The van der Waals surface area contributed by atoms with Crippen molar-refractivity contribution < 1.29 is 5.11 Å². The Balaban J connectivity index is 1.73. The number of aryl methyl sites for hydroxylation is 1. The molecule has 0 amide bonds. The van der Waals surface area contributed by atoms with Crippen LogP contribution in [0.2, 0.25) is 0 Å². The molecule has 102 valence electrons. The zero-order valence-electron chi connectivity index (χ0n) is 10.9. The maximum atomic E-state index is 10.0. The number of aromatic nitrogens is 2. The van der Waals surface area contributed by atoms with Crippen molar-refractivity contribution in [3.63, 3.8) is 0 Å². The molecule has 1 atom stereocenters. The van der Waals surface area contributed by atoms with Crippen molar-refractivity contribution in [3.8, 4) is 0 Å². The summed E-state index contributed by atoms with van der Waals surface area (Å²) in [5.41, 5.74) is 1.98. The predicted octanol–water partition coefficient (Wildman–Crippen LogP) is 2.05. The van der Waals surface area contributed by atoms with Gasteiger partial charge in [0.1, 0.15) is 0 Å². The van der Waals surface area contributed by atoms with E-state index in [9.17, 15) is 5.11 Å². The fourth-order valence-electron chi connectivity index (χ4n) is 1.88. The van der Waals surface area contributed by atoms with Crippen molar-refractivity contribution >= 4 is 15.9 Å². The number of nitrogens with one attached hydrogen (secondary N) is 1. The summed E-state index contributed by atoms with van der Waals surface area (Å²) < 4.78 is 2.78. The third-order valence-corrected chi connectivity index (χ3v) is 3.39. The first-order valence-corrected chi connectivity index (χ1v) is 7.07. The molecule has 2 rings (SSSR count). The van der Waals surface area contributed by atoms with Crippen LogP contribution in [-0.2, 0) is 13.5 Å². The van der Waals surface area contributed by atoms with Crippen LogP contribution in [0.1, 0.15) is 17.4 Å². The second-order valence-corrected chi connectivity index (χ2v) is 5.42. The highest BCUT2D eigenvalue weighted by Gasteiger charge is 2.07. The predicted molar refractivity (Wildman–Crippen MR) is 78.9 cm³/mol. The van der Waals surface area contributed by atoms with Crippen LogP contribution in [0.25, 0.3) is 0 Å². The van der Waals surface area contributed by atoms with Crippen LogP contribution < -0.4 is 5.32 Å². The number of nitrogens with zero attached hydrogens (tertiary/aromatic N) is 2. The van der Waals surface area contributed by atoms with Crippen LogP contribution in [0.3, 0.4) is 0 Å². The van der Waals surface area contributed by atoms with Gasteiger partial charge in [0.2, 0.25) is 0 Å². The van der Waals surface area contributed by atoms with Crippen molar-refractivity contribution in [1.82, 2.24) is 15.1 Å². The summed E-state index contributed by atoms with van der Waals surface area (Å²) in [4.78, 5) is 0. The van der Waals surface area contributed by atoms with E-state index in [0.717, 1.165) is 28.7 Å². The number of aliphatic hydroxyl groups excluding tert-OH is 1. The molecule has 2 aromatic rings. The Morgan fingerprint density at radius 2 is 2.26 bits per heavy atom. The van der Waals surface area contributed by atoms with Crippen LogP contribution in [0.5, 0.6) is 0 Å². The van der Waals surface area contributed by atoms with E-state index in [4.69, 9.17) is 0 Å². The zero-order valence-corrected chi connectivity index (χ0v) is 12.5. The molecule has 1 unspecified atom stereocenters. The summed E-state index contributed by atoms with van der Waals surface area (Å²) in [7, 11) is 1.91. The summed E-state index contributed by atoms with van der Waals surface area (Å²) >= 11 is 3.40. The summed E-state index contributed by atoms with van der Waals surface area (Å²) in [5, 5.41) is 17.6. The Morgan fingerprint density at radius 1 is 1.42 bits per heavy atom. The van der Waals surface area contributed by atoms with Crippen molar-refractivity contribution in [2.75, 3.05) is 13.1 Å². The van der Waals surface area contributed by atoms with Gasteiger partial charge in [-0.3, -0.25) is 4.68 Å². The van der Waals surface area contributed by atoms with E-state index in [0.29, 0.717) is 6.54 Å². The normalized spacial score (nSPS) is 12.6. The fourth-order valence-corrected chi connectivity index (χ4v) is 2.30. The van der Waals surface area contributed by atoms with Gasteiger partial charge >= 0.3 is 0 Å². The van der Waals surface area contributed by atoms with Gasteiger partial charge in [-0.05, 0) is 23.8 Å². The quantitative estimate of drug-likeness (QED) is 0.800.